The van der Waals surface area contributed by atoms with Gasteiger partial charge in [-0.05, 0) is 68.4 Å². The van der Waals surface area contributed by atoms with E-state index in [0.29, 0.717) is 17.6 Å². The highest BCUT2D eigenvalue weighted by Crippen LogP contribution is 2.66. The second kappa shape index (κ2) is 11.0. The molecule has 4 nitrogen and oxygen atoms in total. The lowest BCUT2D eigenvalue weighted by Gasteiger charge is -2.36. The minimum absolute atomic E-state index is 0.104. The lowest BCUT2D eigenvalue weighted by molar-refractivity contribution is 0.467. The Balaban J connectivity index is 1.12. The molecule has 0 amide bonds. The van der Waals surface area contributed by atoms with E-state index in [9.17, 15) is 0 Å². The van der Waals surface area contributed by atoms with Crippen molar-refractivity contribution in [2.24, 2.45) is 5.92 Å². The third kappa shape index (κ3) is 3.94. The molecule has 252 valence electrons. The fraction of sp³-hybridized carbons (Fsp3) is 0.0600. The van der Waals surface area contributed by atoms with Gasteiger partial charge in [-0.25, -0.2) is 4.98 Å². The summed E-state index contributed by atoms with van der Waals surface area (Å²) in [4.78, 5) is 15.8. The second-order valence-corrected chi connectivity index (χ2v) is 14.7. The number of hydrogen-bond acceptors (Lipinski definition) is 3. The van der Waals surface area contributed by atoms with Crippen molar-refractivity contribution in [3.05, 3.63) is 210 Å². The summed E-state index contributed by atoms with van der Waals surface area (Å²) in [5.41, 5.74) is 11.9. The number of rotatable bonds is 3. The Labute approximate surface area is 312 Å². The fourth-order valence-corrected chi connectivity index (χ4v) is 9.94. The van der Waals surface area contributed by atoms with Crippen molar-refractivity contribution in [1.29, 1.82) is 0 Å². The molecule has 54 heavy (non-hydrogen) atoms. The largest absolute Gasteiger partial charge is 0.278 e. The van der Waals surface area contributed by atoms with Crippen LogP contribution in [0, 0.1) is 5.92 Å². The molecule has 0 radical (unpaired) electrons. The van der Waals surface area contributed by atoms with E-state index in [1.54, 1.807) is 0 Å². The monoisotopic (exact) mass is 688 g/mol. The van der Waals surface area contributed by atoms with Crippen LogP contribution in [-0.4, -0.2) is 19.5 Å². The van der Waals surface area contributed by atoms with E-state index in [-0.39, 0.29) is 17.3 Å². The standard InChI is InChI=1S/C50H32N4/c1-2-14-31(15-3-1)47-51-48(53-49(52-47)54-45-24-12-8-20-38(45)39-21-9-13-25-46(39)54)34-26-27-37-35-18-6-10-22-41(35)50(43(37)30-34)42-23-11-7-19-36(42)40-28-32-16-4-5-17-33(32)29-44(40)50/h1-30,37,43H. The fourth-order valence-electron chi connectivity index (χ4n) is 9.94. The molecule has 3 unspecified atom stereocenters. The van der Waals surface area contributed by atoms with Crippen LogP contribution in [0.1, 0.15) is 34.0 Å². The van der Waals surface area contributed by atoms with Crippen LogP contribution in [0.25, 0.3) is 66.6 Å². The van der Waals surface area contributed by atoms with Crippen LogP contribution in [0.15, 0.2) is 182 Å². The van der Waals surface area contributed by atoms with Crippen LogP contribution in [0.5, 0.6) is 0 Å². The highest BCUT2D eigenvalue weighted by molar-refractivity contribution is 6.09. The van der Waals surface area contributed by atoms with Crippen molar-refractivity contribution in [2.45, 2.75) is 11.3 Å². The van der Waals surface area contributed by atoms with Gasteiger partial charge in [-0.2, -0.15) is 9.97 Å². The van der Waals surface area contributed by atoms with E-state index in [1.807, 2.05) is 18.2 Å². The van der Waals surface area contributed by atoms with Crippen molar-refractivity contribution in [3.8, 4) is 28.5 Å². The first-order chi connectivity index (χ1) is 26.8. The predicted octanol–water partition coefficient (Wildman–Crippen LogP) is 11.5. The zero-order chi connectivity index (χ0) is 35.4. The van der Waals surface area contributed by atoms with E-state index in [2.05, 4.69) is 168 Å². The maximum Gasteiger partial charge on any atom is 0.238 e. The van der Waals surface area contributed by atoms with Crippen LogP contribution < -0.4 is 0 Å². The van der Waals surface area contributed by atoms with Crippen LogP contribution in [0.4, 0.5) is 0 Å². The lowest BCUT2D eigenvalue weighted by Crippen LogP contribution is -2.33. The normalized spacial score (nSPS) is 19.2. The number of benzene rings is 7. The Kier molecular flexibility index (Phi) is 6.07. The molecule has 0 aliphatic heterocycles. The Hall–Kier alpha value is -6.91. The van der Waals surface area contributed by atoms with Crippen molar-refractivity contribution in [1.82, 2.24) is 19.5 Å². The molecule has 3 aliphatic carbocycles. The van der Waals surface area contributed by atoms with Gasteiger partial charge in [-0.1, -0.05) is 158 Å². The summed E-state index contributed by atoms with van der Waals surface area (Å²) in [6.07, 6.45) is 7.13. The summed E-state index contributed by atoms with van der Waals surface area (Å²) in [7, 11) is 0. The Morgan fingerprint density at radius 2 is 1.13 bits per heavy atom. The first-order valence-corrected chi connectivity index (χ1v) is 18.7. The van der Waals surface area contributed by atoms with Crippen LogP contribution in [0.3, 0.4) is 0 Å². The van der Waals surface area contributed by atoms with Gasteiger partial charge in [-0.15, -0.1) is 0 Å². The summed E-state index contributed by atoms with van der Waals surface area (Å²) < 4.78 is 2.19. The zero-order valence-corrected chi connectivity index (χ0v) is 29.3. The second-order valence-electron chi connectivity index (χ2n) is 14.7. The molecule has 0 bridgehead atoms. The summed E-state index contributed by atoms with van der Waals surface area (Å²) in [6.45, 7) is 0. The summed E-state index contributed by atoms with van der Waals surface area (Å²) in [6, 6.07) is 59.1. The van der Waals surface area contributed by atoms with Crippen LogP contribution >= 0.6 is 0 Å². The molecule has 1 spiro atoms. The molecule has 12 rings (SSSR count). The molecule has 7 aromatic carbocycles. The van der Waals surface area contributed by atoms with E-state index in [4.69, 9.17) is 15.0 Å². The van der Waals surface area contributed by atoms with Gasteiger partial charge in [0, 0.05) is 33.7 Å². The van der Waals surface area contributed by atoms with Gasteiger partial charge in [0.15, 0.2) is 11.6 Å². The van der Waals surface area contributed by atoms with Gasteiger partial charge < -0.3 is 0 Å². The van der Waals surface area contributed by atoms with Crippen molar-refractivity contribution in [3.63, 3.8) is 0 Å². The Bertz CT molecular complexity index is 3030. The lowest BCUT2D eigenvalue weighted by atomic mass is 9.65. The molecular weight excluding hydrogens is 657 g/mol. The van der Waals surface area contributed by atoms with E-state index in [0.717, 1.165) is 22.2 Å². The first kappa shape index (κ1) is 29.6. The number of para-hydroxylation sites is 2. The SMILES string of the molecule is C1=CC2c3ccccc3C3(c4ccccc4-c4cc5ccccc5cc43)C2C=C1c1nc(-c2ccccc2)nc(-n2c3ccccc3c3ccccc32)n1. The van der Waals surface area contributed by atoms with Gasteiger partial charge in [-0.3, -0.25) is 4.57 Å². The third-order valence-electron chi connectivity index (χ3n) is 12.1. The van der Waals surface area contributed by atoms with Crippen LogP contribution in [0.2, 0.25) is 0 Å². The van der Waals surface area contributed by atoms with Gasteiger partial charge in [0.2, 0.25) is 5.95 Å². The molecule has 0 saturated carbocycles. The molecule has 2 aromatic heterocycles. The molecule has 4 heteroatoms. The zero-order valence-electron chi connectivity index (χ0n) is 29.3. The molecule has 0 N–H and O–H groups in total. The molecule has 3 aliphatic rings. The average molecular weight is 689 g/mol. The van der Waals surface area contributed by atoms with E-state index in [1.165, 1.54) is 54.9 Å². The number of hydrogen-bond donors (Lipinski definition) is 0. The minimum atomic E-state index is -0.377. The Morgan fingerprint density at radius 3 is 1.93 bits per heavy atom. The number of nitrogens with zero attached hydrogens (tertiary/aromatic N) is 4. The van der Waals surface area contributed by atoms with Gasteiger partial charge in [0.1, 0.15) is 0 Å². The van der Waals surface area contributed by atoms with Crippen molar-refractivity contribution < 1.29 is 0 Å². The average Bonchev–Trinajstić information content (AvgIpc) is 3.84. The van der Waals surface area contributed by atoms with E-state index < -0.39 is 0 Å². The number of aromatic nitrogens is 4. The summed E-state index contributed by atoms with van der Waals surface area (Å²) in [5, 5.41) is 4.88. The third-order valence-corrected chi connectivity index (χ3v) is 12.1. The van der Waals surface area contributed by atoms with Crippen LogP contribution in [-0.2, 0) is 5.41 Å². The smallest absolute Gasteiger partial charge is 0.238 e. The molecule has 3 atom stereocenters. The molecule has 2 heterocycles. The number of fused-ring (bicyclic) bond motifs is 14. The topological polar surface area (TPSA) is 43.6 Å². The molecular formula is C50H32N4. The molecule has 0 saturated heterocycles. The number of allylic oxidation sites excluding steroid dienone is 4. The molecule has 0 fully saturated rings. The van der Waals surface area contributed by atoms with Gasteiger partial charge >= 0.3 is 0 Å². The van der Waals surface area contributed by atoms with Crippen molar-refractivity contribution >= 4 is 38.2 Å². The highest BCUT2D eigenvalue weighted by atomic mass is 15.2. The Morgan fingerprint density at radius 1 is 0.500 bits per heavy atom. The summed E-state index contributed by atoms with van der Waals surface area (Å²) >= 11 is 0. The quantitative estimate of drug-likeness (QED) is 0.186. The maximum absolute atomic E-state index is 5.35. The van der Waals surface area contributed by atoms with Gasteiger partial charge in [0.25, 0.3) is 0 Å². The highest BCUT2D eigenvalue weighted by Gasteiger charge is 2.57. The van der Waals surface area contributed by atoms with Crippen molar-refractivity contribution in [2.75, 3.05) is 0 Å². The van der Waals surface area contributed by atoms with Gasteiger partial charge in [0.05, 0.1) is 16.4 Å². The maximum atomic E-state index is 5.35. The minimum Gasteiger partial charge on any atom is -0.278 e. The summed E-state index contributed by atoms with van der Waals surface area (Å²) in [5.74, 6) is 2.24. The first-order valence-electron chi connectivity index (χ1n) is 18.7. The van der Waals surface area contributed by atoms with E-state index >= 15 is 0 Å². The molecule has 9 aromatic rings. The predicted molar refractivity (Wildman–Crippen MR) is 219 cm³/mol.